The maximum absolute atomic E-state index is 12.9. The van der Waals surface area contributed by atoms with Crippen LogP contribution in [-0.2, 0) is 19.1 Å². The summed E-state index contributed by atoms with van der Waals surface area (Å²) in [6.45, 7) is 15.1. The predicted molar refractivity (Wildman–Crippen MR) is 153 cm³/mol. The highest BCUT2D eigenvalue weighted by Crippen LogP contribution is 2.39. The van der Waals surface area contributed by atoms with Crippen molar-refractivity contribution in [1.82, 2.24) is 10.6 Å². The number of aliphatic hydroxyl groups is 1. The zero-order valence-electron chi connectivity index (χ0n) is 24.9. The van der Waals surface area contributed by atoms with E-state index in [4.69, 9.17) is 14.5 Å². The van der Waals surface area contributed by atoms with Gasteiger partial charge in [-0.1, -0.05) is 34.6 Å². The molecule has 0 bridgehead atoms. The van der Waals surface area contributed by atoms with Gasteiger partial charge in [0.05, 0.1) is 23.4 Å². The summed E-state index contributed by atoms with van der Waals surface area (Å²) < 4.78 is 10.4. The van der Waals surface area contributed by atoms with Crippen LogP contribution in [0.2, 0.25) is 0 Å². The van der Waals surface area contributed by atoms with Crippen LogP contribution in [0.15, 0.2) is 40.6 Å². The van der Waals surface area contributed by atoms with E-state index in [2.05, 4.69) is 10.6 Å². The van der Waals surface area contributed by atoms with Gasteiger partial charge in [-0.2, -0.15) is 0 Å². The van der Waals surface area contributed by atoms with Crippen LogP contribution in [0.3, 0.4) is 0 Å². The number of benzene rings is 1. The number of aliphatic imine (C=N–C) groups is 1. The van der Waals surface area contributed by atoms with E-state index in [1.54, 1.807) is 45.0 Å². The molecule has 0 fully saturated rings. The Morgan fingerprint density at radius 3 is 2.10 bits per heavy atom. The van der Waals surface area contributed by atoms with Gasteiger partial charge in [0.1, 0.15) is 17.1 Å². The molecule has 220 valence electrons. The van der Waals surface area contributed by atoms with Gasteiger partial charge in [0.2, 0.25) is 5.91 Å². The fourth-order valence-corrected chi connectivity index (χ4v) is 4.04. The van der Waals surface area contributed by atoms with Crippen molar-refractivity contribution in [3.05, 3.63) is 35.6 Å². The third-order valence-corrected chi connectivity index (χ3v) is 5.78. The first kappa shape index (κ1) is 32.5. The van der Waals surface area contributed by atoms with Crippen molar-refractivity contribution in [2.45, 2.75) is 86.7 Å². The molecule has 0 atom stereocenters. The number of aliphatic hydroxyl groups excluding tert-OH is 1. The second kappa shape index (κ2) is 13.1. The van der Waals surface area contributed by atoms with Crippen molar-refractivity contribution in [3.63, 3.8) is 0 Å². The molecule has 40 heavy (non-hydrogen) atoms. The summed E-state index contributed by atoms with van der Waals surface area (Å²) in [6.07, 6.45) is 0.147. The molecule has 1 aliphatic carbocycles. The molecule has 0 aliphatic heterocycles. The van der Waals surface area contributed by atoms with Crippen LogP contribution < -0.4 is 15.4 Å². The molecule has 2 rings (SSSR count). The average molecular weight is 558 g/mol. The molecule has 1 aromatic carbocycles. The van der Waals surface area contributed by atoms with Gasteiger partial charge >= 0.3 is 12.1 Å². The first-order chi connectivity index (χ1) is 18.4. The number of carbonyl (C=O) groups excluding carboxylic acids is 4. The minimum absolute atomic E-state index is 0.0365. The van der Waals surface area contributed by atoms with Gasteiger partial charge < -0.3 is 25.2 Å². The van der Waals surface area contributed by atoms with Gasteiger partial charge in [-0.05, 0) is 50.5 Å². The molecule has 0 heterocycles. The minimum Gasteiger partial charge on any atom is -0.511 e. The Bertz CT molecular complexity index is 1170. The van der Waals surface area contributed by atoms with Crippen LogP contribution >= 0.6 is 0 Å². The van der Waals surface area contributed by atoms with Gasteiger partial charge in [-0.15, -0.1) is 0 Å². The highest BCUT2D eigenvalue weighted by molar-refractivity contribution is 6.25. The number of carbonyl (C=O) groups is 4. The van der Waals surface area contributed by atoms with Crippen molar-refractivity contribution >= 4 is 35.2 Å². The molecule has 2 amide bonds. The van der Waals surface area contributed by atoms with Gasteiger partial charge in [0.25, 0.3) is 0 Å². The number of hydrogen-bond donors (Lipinski definition) is 3. The summed E-state index contributed by atoms with van der Waals surface area (Å²) in [5.41, 5.74) is -0.0834. The number of ether oxygens (including phenoxy) is 2. The normalized spacial score (nSPS) is 15.9. The molecule has 3 N–H and O–H groups in total. The predicted octanol–water partition coefficient (Wildman–Crippen LogP) is 5.33. The summed E-state index contributed by atoms with van der Waals surface area (Å²) in [5.74, 6) is -0.593. The van der Waals surface area contributed by atoms with E-state index in [-0.39, 0.29) is 54.4 Å². The lowest BCUT2D eigenvalue weighted by Gasteiger charge is -2.33. The number of alkyl carbamates (subject to hydrolysis) is 1. The number of hydrogen-bond acceptors (Lipinski definition) is 8. The molecule has 10 heteroatoms. The Kier molecular flexibility index (Phi) is 10.7. The lowest BCUT2D eigenvalue weighted by molar-refractivity contribution is -0.134. The highest BCUT2D eigenvalue weighted by atomic mass is 16.6. The maximum atomic E-state index is 12.9. The Hall–Kier alpha value is -3.69. The van der Waals surface area contributed by atoms with Gasteiger partial charge in [0, 0.05) is 37.8 Å². The van der Waals surface area contributed by atoms with Crippen molar-refractivity contribution < 1.29 is 33.8 Å². The topological polar surface area (TPSA) is 143 Å². The van der Waals surface area contributed by atoms with E-state index in [9.17, 15) is 24.3 Å². The molecule has 10 nitrogen and oxygen atoms in total. The van der Waals surface area contributed by atoms with E-state index >= 15 is 0 Å². The Balaban J connectivity index is 1.91. The Morgan fingerprint density at radius 1 is 0.950 bits per heavy atom. The van der Waals surface area contributed by atoms with E-state index < -0.39 is 23.1 Å². The van der Waals surface area contributed by atoms with Gasteiger partial charge in [-0.3, -0.25) is 19.4 Å². The third kappa shape index (κ3) is 10.8. The van der Waals surface area contributed by atoms with Crippen LogP contribution in [-0.4, -0.2) is 53.3 Å². The second-order valence-electron chi connectivity index (χ2n) is 12.7. The van der Waals surface area contributed by atoms with E-state index in [0.717, 1.165) is 0 Å². The third-order valence-electron chi connectivity index (χ3n) is 5.78. The lowest BCUT2D eigenvalue weighted by Crippen LogP contribution is -2.35. The SMILES string of the molecule is CC1(C)CC(=O)C(C(=Nc2ccc(OC(=O)CCNC(=O)CCNC(=O)OC(C)(C)C)cc2)C(C)(C)C)=C(O)C1. The zero-order valence-corrected chi connectivity index (χ0v) is 24.9. The van der Waals surface area contributed by atoms with Crippen LogP contribution in [0.5, 0.6) is 5.75 Å². The van der Waals surface area contributed by atoms with E-state index in [1.807, 2.05) is 34.6 Å². The summed E-state index contributed by atoms with van der Waals surface area (Å²) >= 11 is 0. The lowest BCUT2D eigenvalue weighted by atomic mass is 9.72. The number of Topliss-reactive ketones (excluding diaryl/α,β-unsaturated/α-hetero) is 1. The summed E-state index contributed by atoms with van der Waals surface area (Å²) in [4.78, 5) is 53.4. The van der Waals surface area contributed by atoms with Gasteiger partial charge in [-0.25, -0.2) is 4.79 Å². The Labute approximate surface area is 236 Å². The minimum atomic E-state index is -0.621. The number of rotatable bonds is 9. The first-order valence-corrected chi connectivity index (χ1v) is 13.5. The van der Waals surface area contributed by atoms with Crippen molar-refractivity contribution in [3.8, 4) is 5.75 Å². The standard InChI is InChI=1S/C30H43N3O7/c1-28(2,3)26(25-21(34)17-30(7,8)18-22(25)35)33-19-9-11-20(12-10-19)39-24(37)14-16-31-23(36)13-15-32-27(38)40-29(4,5)6/h9-12,34H,13-18H2,1-8H3,(H,31,36)(H,32,38). The maximum Gasteiger partial charge on any atom is 0.407 e. The average Bonchev–Trinajstić information content (AvgIpc) is 2.76. The quantitative estimate of drug-likeness (QED) is 0.211. The van der Waals surface area contributed by atoms with Crippen molar-refractivity contribution in [1.29, 1.82) is 0 Å². The van der Waals surface area contributed by atoms with Crippen LogP contribution in [0, 0.1) is 10.8 Å². The number of esters is 1. The van der Waals surface area contributed by atoms with Crippen molar-refractivity contribution in [2.75, 3.05) is 13.1 Å². The molecule has 0 radical (unpaired) electrons. The molecule has 0 saturated carbocycles. The molecule has 0 aromatic heterocycles. The zero-order chi connectivity index (χ0) is 30.3. The van der Waals surface area contributed by atoms with Crippen LogP contribution in [0.4, 0.5) is 10.5 Å². The fourth-order valence-electron chi connectivity index (χ4n) is 4.04. The largest absolute Gasteiger partial charge is 0.511 e. The number of amides is 2. The second-order valence-corrected chi connectivity index (χ2v) is 12.7. The summed E-state index contributed by atoms with van der Waals surface area (Å²) in [6, 6.07) is 6.53. The molecule has 1 aromatic rings. The molecule has 1 aliphatic rings. The number of nitrogens with one attached hydrogen (secondary N) is 2. The Morgan fingerprint density at radius 2 is 1.55 bits per heavy atom. The fraction of sp³-hybridized carbons (Fsp3) is 0.567. The number of ketones is 1. The van der Waals surface area contributed by atoms with E-state index in [1.165, 1.54) is 0 Å². The van der Waals surface area contributed by atoms with E-state index in [0.29, 0.717) is 30.0 Å². The van der Waals surface area contributed by atoms with Crippen molar-refractivity contribution in [2.24, 2.45) is 15.8 Å². The monoisotopic (exact) mass is 557 g/mol. The highest BCUT2D eigenvalue weighted by Gasteiger charge is 2.38. The summed E-state index contributed by atoms with van der Waals surface area (Å²) in [7, 11) is 0. The van der Waals surface area contributed by atoms with Gasteiger partial charge in [0.15, 0.2) is 5.78 Å². The molecular formula is C30H43N3O7. The molecule has 0 unspecified atom stereocenters. The first-order valence-electron chi connectivity index (χ1n) is 13.5. The molecular weight excluding hydrogens is 514 g/mol. The molecule has 0 spiro atoms. The number of allylic oxidation sites excluding steroid dienone is 2. The summed E-state index contributed by atoms with van der Waals surface area (Å²) in [5, 5.41) is 15.8. The molecule has 0 saturated heterocycles. The number of nitrogens with zero attached hydrogens (tertiary/aromatic N) is 1. The van der Waals surface area contributed by atoms with Crippen LogP contribution in [0.1, 0.15) is 81.1 Å². The van der Waals surface area contributed by atoms with Crippen LogP contribution in [0.25, 0.3) is 0 Å². The smallest absolute Gasteiger partial charge is 0.407 e.